The summed E-state index contributed by atoms with van der Waals surface area (Å²) in [5, 5.41) is 17.5. The first kappa shape index (κ1) is 19.5. The van der Waals surface area contributed by atoms with Crippen molar-refractivity contribution in [3.63, 3.8) is 0 Å². The molecule has 2 N–H and O–H groups in total. The van der Waals surface area contributed by atoms with E-state index in [0.29, 0.717) is 26.6 Å². The Morgan fingerprint density at radius 2 is 1.80 bits per heavy atom. The number of para-hydroxylation sites is 1. The molecule has 0 fully saturated rings. The maximum absolute atomic E-state index is 12.9. The Hall–Kier alpha value is -3.78. The van der Waals surface area contributed by atoms with Gasteiger partial charge < -0.3 is 5.32 Å². The summed E-state index contributed by atoms with van der Waals surface area (Å²) in [4.78, 5) is 27.8. The highest BCUT2D eigenvalue weighted by Crippen LogP contribution is 2.30. The number of non-ortho nitro benzene ring substituents is 1. The summed E-state index contributed by atoms with van der Waals surface area (Å²) < 4.78 is 0.640. The van der Waals surface area contributed by atoms with E-state index in [9.17, 15) is 14.9 Å². The highest BCUT2D eigenvalue weighted by atomic mass is 32.1. The van der Waals surface area contributed by atoms with Crippen molar-refractivity contribution in [2.45, 2.75) is 13.8 Å². The lowest BCUT2D eigenvalue weighted by Gasteiger charge is -2.14. The van der Waals surface area contributed by atoms with Crippen molar-refractivity contribution in [2.24, 2.45) is 0 Å². The van der Waals surface area contributed by atoms with E-state index in [0.717, 1.165) is 16.8 Å². The van der Waals surface area contributed by atoms with Gasteiger partial charge in [-0.1, -0.05) is 35.6 Å². The zero-order valence-electron chi connectivity index (χ0n) is 16.3. The summed E-state index contributed by atoms with van der Waals surface area (Å²) in [5.41, 5.74) is 4.95. The molecular formula is C22H18N4O3S. The van der Waals surface area contributed by atoms with Gasteiger partial charge in [0.25, 0.3) is 11.6 Å². The molecule has 4 aromatic rings. The molecule has 3 aromatic carbocycles. The number of hydrogen-bond acceptors (Lipinski definition) is 6. The first-order chi connectivity index (χ1) is 14.4. The lowest BCUT2D eigenvalue weighted by molar-refractivity contribution is -0.384. The van der Waals surface area contributed by atoms with Crippen LogP contribution in [0.15, 0.2) is 60.7 Å². The third-order valence-corrected chi connectivity index (χ3v) is 5.78. The molecule has 0 saturated carbocycles. The van der Waals surface area contributed by atoms with Gasteiger partial charge in [-0.15, -0.1) is 0 Å². The number of hydrogen-bond donors (Lipinski definition) is 2. The van der Waals surface area contributed by atoms with Gasteiger partial charge in [-0.3, -0.25) is 20.2 Å². The minimum Gasteiger partial charge on any atom is -0.355 e. The number of fused-ring (bicyclic) bond motifs is 1. The molecule has 1 amide bonds. The van der Waals surface area contributed by atoms with Crippen LogP contribution >= 0.6 is 11.3 Å². The second-order valence-corrected chi connectivity index (χ2v) is 7.83. The number of aromatic nitrogens is 1. The Balaban J connectivity index is 1.60. The van der Waals surface area contributed by atoms with Gasteiger partial charge in [-0.05, 0) is 49.2 Å². The normalized spacial score (nSPS) is 10.7. The molecule has 0 atom stereocenters. The molecule has 7 nitrogen and oxygen atoms in total. The lowest BCUT2D eigenvalue weighted by atomic mass is 10.1. The summed E-state index contributed by atoms with van der Waals surface area (Å²) >= 11 is 1.20. The number of nitrogens with one attached hydrogen (secondary N) is 2. The number of rotatable bonds is 5. The number of amides is 1. The molecule has 0 unspecified atom stereocenters. The zero-order valence-corrected chi connectivity index (χ0v) is 17.1. The van der Waals surface area contributed by atoms with Crippen molar-refractivity contribution in [1.82, 2.24) is 4.98 Å². The van der Waals surface area contributed by atoms with Crippen molar-refractivity contribution in [2.75, 3.05) is 10.6 Å². The second-order valence-electron chi connectivity index (χ2n) is 6.80. The highest BCUT2D eigenvalue weighted by Gasteiger charge is 2.16. The van der Waals surface area contributed by atoms with Gasteiger partial charge in [0.05, 0.1) is 26.4 Å². The van der Waals surface area contributed by atoms with E-state index in [2.05, 4.69) is 15.6 Å². The molecule has 30 heavy (non-hydrogen) atoms. The van der Waals surface area contributed by atoms with Crippen molar-refractivity contribution < 1.29 is 9.72 Å². The first-order valence-electron chi connectivity index (χ1n) is 9.21. The maximum Gasteiger partial charge on any atom is 0.270 e. The van der Waals surface area contributed by atoms with Crippen LogP contribution in [0.3, 0.4) is 0 Å². The number of carbonyl (C=O) groups excluding carboxylic acids is 1. The number of nitrogens with zero attached hydrogens (tertiary/aromatic N) is 2. The fraction of sp³-hybridized carbons (Fsp3) is 0.0909. The van der Waals surface area contributed by atoms with E-state index in [-0.39, 0.29) is 11.6 Å². The summed E-state index contributed by atoms with van der Waals surface area (Å²) in [7, 11) is 0. The van der Waals surface area contributed by atoms with E-state index >= 15 is 0 Å². The molecule has 0 radical (unpaired) electrons. The minimum absolute atomic E-state index is 0.00732. The molecule has 0 saturated heterocycles. The van der Waals surface area contributed by atoms with Crippen LogP contribution in [0.5, 0.6) is 0 Å². The smallest absolute Gasteiger partial charge is 0.270 e. The third kappa shape index (κ3) is 3.85. The van der Waals surface area contributed by atoms with Crippen LogP contribution in [-0.4, -0.2) is 15.8 Å². The molecule has 4 rings (SSSR count). The van der Waals surface area contributed by atoms with E-state index < -0.39 is 4.92 Å². The van der Waals surface area contributed by atoms with Crippen molar-refractivity contribution in [1.29, 1.82) is 0 Å². The first-order valence-corrected chi connectivity index (χ1v) is 10.0. The zero-order chi connectivity index (χ0) is 21.3. The van der Waals surface area contributed by atoms with E-state index in [4.69, 9.17) is 0 Å². The van der Waals surface area contributed by atoms with Crippen molar-refractivity contribution in [3.05, 3.63) is 87.5 Å². The van der Waals surface area contributed by atoms with Crippen molar-refractivity contribution >= 4 is 49.7 Å². The minimum atomic E-state index is -0.452. The quantitative estimate of drug-likeness (QED) is 0.314. The number of thiazole rings is 1. The third-order valence-electron chi connectivity index (χ3n) is 4.85. The van der Waals surface area contributed by atoms with Gasteiger partial charge in [0.1, 0.15) is 0 Å². The standard InChI is InChI=1S/C22H18N4O3S/c1-13-6-5-9-17(14(13)2)23-18-8-4-3-7-16(18)21(27)25-22-24-19-11-10-15(26(28)29)12-20(19)30-22/h3-12,23H,1-2H3,(H,24,25,27). The lowest BCUT2D eigenvalue weighted by Crippen LogP contribution is -2.13. The highest BCUT2D eigenvalue weighted by molar-refractivity contribution is 7.22. The fourth-order valence-corrected chi connectivity index (χ4v) is 3.96. The van der Waals surface area contributed by atoms with Crippen LogP contribution in [0.4, 0.5) is 22.2 Å². The number of benzene rings is 3. The SMILES string of the molecule is Cc1cccc(Nc2ccccc2C(=O)Nc2nc3ccc([N+](=O)[O-])cc3s2)c1C. The Labute approximate surface area is 176 Å². The maximum atomic E-state index is 12.9. The Bertz CT molecular complexity index is 1280. The van der Waals surface area contributed by atoms with E-state index in [1.165, 1.54) is 23.5 Å². The summed E-state index contributed by atoms with van der Waals surface area (Å²) in [6, 6.07) is 17.7. The van der Waals surface area contributed by atoms with E-state index in [1.807, 2.05) is 44.2 Å². The van der Waals surface area contributed by atoms with Gasteiger partial charge >= 0.3 is 0 Å². The Kier molecular flexibility index (Phi) is 5.16. The van der Waals surface area contributed by atoms with Crippen LogP contribution in [0, 0.1) is 24.0 Å². The van der Waals surface area contributed by atoms with Crippen LogP contribution in [0.2, 0.25) is 0 Å². The molecular weight excluding hydrogens is 400 g/mol. The molecule has 1 heterocycles. The molecule has 1 aromatic heterocycles. The topological polar surface area (TPSA) is 97.2 Å². The Morgan fingerprint density at radius 1 is 1.03 bits per heavy atom. The van der Waals surface area contributed by atoms with Gasteiger partial charge in [0.2, 0.25) is 0 Å². The molecule has 8 heteroatoms. The van der Waals surface area contributed by atoms with Gasteiger partial charge in [0, 0.05) is 17.8 Å². The van der Waals surface area contributed by atoms with Crippen LogP contribution in [0.1, 0.15) is 21.5 Å². The summed E-state index contributed by atoms with van der Waals surface area (Å²) in [6.07, 6.45) is 0. The molecule has 0 bridgehead atoms. The number of carbonyl (C=O) groups is 1. The van der Waals surface area contributed by atoms with Crippen LogP contribution in [-0.2, 0) is 0 Å². The average molecular weight is 418 g/mol. The fourth-order valence-electron chi connectivity index (χ4n) is 3.07. The number of nitro groups is 1. The van der Waals surface area contributed by atoms with Crippen LogP contribution in [0.25, 0.3) is 10.2 Å². The van der Waals surface area contributed by atoms with Gasteiger partial charge in [-0.2, -0.15) is 0 Å². The average Bonchev–Trinajstić information content (AvgIpc) is 3.13. The van der Waals surface area contributed by atoms with Crippen molar-refractivity contribution in [3.8, 4) is 0 Å². The van der Waals surface area contributed by atoms with Crippen LogP contribution < -0.4 is 10.6 Å². The number of nitro benzene ring substituents is 1. The van der Waals surface area contributed by atoms with Gasteiger partial charge in [-0.25, -0.2) is 4.98 Å². The monoisotopic (exact) mass is 418 g/mol. The predicted molar refractivity (Wildman–Crippen MR) is 120 cm³/mol. The second kappa shape index (κ2) is 7.92. The van der Waals surface area contributed by atoms with Gasteiger partial charge in [0.15, 0.2) is 5.13 Å². The molecule has 0 spiro atoms. The summed E-state index contributed by atoms with van der Waals surface area (Å²) in [5.74, 6) is -0.308. The van der Waals surface area contributed by atoms with E-state index in [1.54, 1.807) is 18.2 Å². The summed E-state index contributed by atoms with van der Waals surface area (Å²) in [6.45, 7) is 4.07. The molecule has 0 aliphatic carbocycles. The Morgan fingerprint density at radius 3 is 2.60 bits per heavy atom. The molecule has 0 aliphatic heterocycles. The number of aryl methyl sites for hydroxylation is 1. The predicted octanol–water partition coefficient (Wildman–Crippen LogP) is 5.82. The largest absolute Gasteiger partial charge is 0.355 e. The molecule has 150 valence electrons. The molecule has 0 aliphatic rings. The number of anilines is 3.